The first-order valence-corrected chi connectivity index (χ1v) is 6.29. The first-order chi connectivity index (χ1) is 8.03. The van der Waals surface area contributed by atoms with E-state index in [0.717, 1.165) is 13.1 Å². The molecule has 1 heterocycles. The molecule has 0 aliphatic carbocycles. The topological polar surface area (TPSA) is 49.8 Å². The summed E-state index contributed by atoms with van der Waals surface area (Å²) in [6, 6.07) is 0. The summed E-state index contributed by atoms with van der Waals surface area (Å²) < 4.78 is 18.6. The van der Waals surface area contributed by atoms with Crippen molar-refractivity contribution in [1.82, 2.24) is 4.90 Å². The number of alkyl halides is 1. The summed E-state index contributed by atoms with van der Waals surface area (Å²) in [6.45, 7) is 6.13. The average molecular weight is 247 g/mol. The molecule has 0 spiro atoms. The molecule has 1 rings (SSSR count). The number of likely N-dealkylation sites (tertiary alicyclic amines) is 1. The van der Waals surface area contributed by atoms with Crippen molar-refractivity contribution in [2.24, 2.45) is 0 Å². The molecular formula is C12H22FNO3. The minimum Gasteiger partial charge on any atom is -0.464 e. The molecule has 1 aliphatic heterocycles. The second-order valence-electron chi connectivity index (χ2n) is 4.51. The van der Waals surface area contributed by atoms with Crippen LogP contribution in [-0.4, -0.2) is 54.0 Å². The molecule has 17 heavy (non-hydrogen) atoms. The first-order valence-electron chi connectivity index (χ1n) is 6.29. The van der Waals surface area contributed by atoms with Crippen LogP contribution in [0.3, 0.4) is 0 Å². The maximum atomic E-state index is 13.9. The molecule has 0 aromatic carbocycles. The molecule has 1 fully saturated rings. The van der Waals surface area contributed by atoms with Crippen LogP contribution in [0.25, 0.3) is 0 Å². The number of carbonyl (C=O) groups is 1. The Morgan fingerprint density at radius 2 is 2.18 bits per heavy atom. The molecule has 1 saturated heterocycles. The highest BCUT2D eigenvalue weighted by Crippen LogP contribution is 2.28. The Kier molecular flexibility index (Phi) is 5.33. The van der Waals surface area contributed by atoms with Gasteiger partial charge in [-0.1, -0.05) is 6.92 Å². The van der Waals surface area contributed by atoms with Crippen LogP contribution >= 0.6 is 0 Å². The summed E-state index contributed by atoms with van der Waals surface area (Å²) in [5, 5.41) is 10.2. The van der Waals surface area contributed by atoms with Gasteiger partial charge in [0.25, 0.3) is 0 Å². The van der Waals surface area contributed by atoms with E-state index in [4.69, 9.17) is 0 Å². The van der Waals surface area contributed by atoms with Crippen molar-refractivity contribution < 1.29 is 19.0 Å². The number of carbonyl (C=O) groups excluding carboxylic acids is 1. The number of halogens is 1. The lowest BCUT2D eigenvalue weighted by molar-refractivity contribution is -0.161. The van der Waals surface area contributed by atoms with E-state index in [2.05, 4.69) is 9.64 Å². The van der Waals surface area contributed by atoms with E-state index in [1.165, 1.54) is 0 Å². The summed E-state index contributed by atoms with van der Waals surface area (Å²) in [5.41, 5.74) is -1.56. The molecule has 0 radical (unpaired) electrons. The highest BCUT2D eigenvalue weighted by molar-refractivity contribution is 5.76. The lowest BCUT2D eigenvalue weighted by Gasteiger charge is -2.28. The quantitative estimate of drug-likeness (QED) is 0.756. The normalized spacial score (nSPS) is 28.5. The van der Waals surface area contributed by atoms with Gasteiger partial charge in [0.15, 0.2) is 0 Å². The summed E-state index contributed by atoms with van der Waals surface area (Å²) in [5.74, 6) is -0.944. The van der Waals surface area contributed by atoms with Crippen LogP contribution in [0.2, 0.25) is 0 Å². The van der Waals surface area contributed by atoms with Gasteiger partial charge in [-0.05, 0) is 39.3 Å². The predicted octanol–water partition coefficient (Wildman–Crippen LogP) is 1.12. The van der Waals surface area contributed by atoms with Gasteiger partial charge in [0.05, 0.1) is 6.61 Å². The van der Waals surface area contributed by atoms with Crippen LogP contribution in [0.15, 0.2) is 0 Å². The van der Waals surface area contributed by atoms with Gasteiger partial charge in [-0.15, -0.1) is 0 Å². The second kappa shape index (κ2) is 6.31. The molecule has 1 aliphatic rings. The van der Waals surface area contributed by atoms with Gasteiger partial charge in [-0.2, -0.15) is 0 Å². The van der Waals surface area contributed by atoms with Crippen LogP contribution in [0.1, 0.15) is 33.1 Å². The van der Waals surface area contributed by atoms with Crippen molar-refractivity contribution in [2.75, 3.05) is 26.2 Å². The Morgan fingerprint density at radius 1 is 1.47 bits per heavy atom. The Balaban J connectivity index is 2.63. The van der Waals surface area contributed by atoms with Crippen LogP contribution in [-0.2, 0) is 9.53 Å². The van der Waals surface area contributed by atoms with E-state index in [0.29, 0.717) is 19.4 Å². The number of hydrogen-bond acceptors (Lipinski definition) is 4. The largest absolute Gasteiger partial charge is 0.464 e. The molecule has 0 aromatic rings. The summed E-state index contributed by atoms with van der Waals surface area (Å²) >= 11 is 0. The Bertz CT molecular complexity index is 262. The zero-order chi connectivity index (χ0) is 12.9. The van der Waals surface area contributed by atoms with Crippen LogP contribution < -0.4 is 0 Å². The third kappa shape index (κ3) is 3.64. The lowest BCUT2D eigenvalue weighted by Crippen LogP contribution is -2.45. The minimum absolute atomic E-state index is 0.135. The van der Waals surface area contributed by atoms with E-state index >= 15 is 0 Å². The monoisotopic (exact) mass is 247 g/mol. The van der Waals surface area contributed by atoms with E-state index < -0.39 is 17.7 Å². The van der Waals surface area contributed by atoms with Crippen molar-refractivity contribution in [2.45, 2.75) is 44.9 Å². The van der Waals surface area contributed by atoms with E-state index in [-0.39, 0.29) is 13.0 Å². The number of hydrogen-bond donors (Lipinski definition) is 1. The maximum absolute atomic E-state index is 13.9. The van der Waals surface area contributed by atoms with Gasteiger partial charge in [0.1, 0.15) is 5.60 Å². The summed E-state index contributed by atoms with van der Waals surface area (Å²) in [4.78, 5) is 13.5. The Hall–Kier alpha value is -0.680. The number of aliphatic hydroxyl groups is 1. The number of ether oxygens (including phenoxy) is 1. The fourth-order valence-corrected chi connectivity index (χ4v) is 2.20. The molecule has 0 aromatic heterocycles. The molecule has 0 saturated carbocycles. The molecular weight excluding hydrogens is 225 g/mol. The molecule has 100 valence electrons. The van der Waals surface area contributed by atoms with Crippen molar-refractivity contribution in [1.29, 1.82) is 0 Å². The second-order valence-corrected chi connectivity index (χ2v) is 4.51. The third-order valence-electron chi connectivity index (χ3n) is 3.36. The van der Waals surface area contributed by atoms with Crippen LogP contribution in [0.5, 0.6) is 0 Å². The standard InChI is InChI=1S/C12H22FNO3/c1-3-14-8-5-6-12(16,7-9-14)10(13)11(15)17-4-2/h10,16H,3-9H2,1-2H3. The van der Waals surface area contributed by atoms with Gasteiger partial charge in [0, 0.05) is 6.54 Å². The van der Waals surface area contributed by atoms with Crippen molar-refractivity contribution in [3.05, 3.63) is 0 Å². The molecule has 0 amide bonds. The molecule has 5 heteroatoms. The highest BCUT2D eigenvalue weighted by atomic mass is 19.1. The van der Waals surface area contributed by atoms with Crippen molar-refractivity contribution >= 4 is 5.97 Å². The van der Waals surface area contributed by atoms with Gasteiger partial charge in [0.2, 0.25) is 6.17 Å². The van der Waals surface area contributed by atoms with Crippen molar-refractivity contribution in [3.8, 4) is 0 Å². The van der Waals surface area contributed by atoms with Gasteiger partial charge < -0.3 is 14.7 Å². The van der Waals surface area contributed by atoms with Crippen molar-refractivity contribution in [3.63, 3.8) is 0 Å². The Morgan fingerprint density at radius 3 is 2.76 bits per heavy atom. The fraction of sp³-hybridized carbons (Fsp3) is 0.917. The van der Waals surface area contributed by atoms with Crippen LogP contribution in [0.4, 0.5) is 4.39 Å². The highest BCUT2D eigenvalue weighted by Gasteiger charge is 2.43. The summed E-state index contributed by atoms with van der Waals surface area (Å²) in [6.07, 6.45) is -0.645. The van der Waals surface area contributed by atoms with E-state index in [9.17, 15) is 14.3 Å². The third-order valence-corrected chi connectivity index (χ3v) is 3.36. The zero-order valence-electron chi connectivity index (χ0n) is 10.6. The van der Waals surface area contributed by atoms with Gasteiger partial charge in [-0.25, -0.2) is 9.18 Å². The molecule has 2 atom stereocenters. The SMILES string of the molecule is CCOC(=O)C(F)C1(O)CCCN(CC)CC1. The van der Waals surface area contributed by atoms with E-state index in [1.807, 2.05) is 6.92 Å². The Labute approximate surface area is 102 Å². The summed E-state index contributed by atoms with van der Waals surface area (Å²) in [7, 11) is 0. The molecule has 2 unspecified atom stereocenters. The van der Waals surface area contributed by atoms with Gasteiger partial charge >= 0.3 is 5.97 Å². The predicted molar refractivity (Wildman–Crippen MR) is 62.4 cm³/mol. The number of rotatable bonds is 4. The smallest absolute Gasteiger partial charge is 0.343 e. The maximum Gasteiger partial charge on any atom is 0.343 e. The molecule has 4 nitrogen and oxygen atoms in total. The molecule has 1 N–H and O–H groups in total. The minimum atomic E-state index is -1.93. The number of nitrogens with zero attached hydrogens (tertiary/aromatic N) is 1. The van der Waals surface area contributed by atoms with Gasteiger partial charge in [-0.3, -0.25) is 0 Å². The fourth-order valence-electron chi connectivity index (χ4n) is 2.20. The van der Waals surface area contributed by atoms with E-state index in [1.54, 1.807) is 6.92 Å². The van der Waals surface area contributed by atoms with Crippen LogP contribution in [0, 0.1) is 0 Å². The number of esters is 1. The molecule has 0 bridgehead atoms. The lowest BCUT2D eigenvalue weighted by atomic mass is 9.89. The first kappa shape index (κ1) is 14.4. The zero-order valence-corrected chi connectivity index (χ0v) is 10.6. The average Bonchev–Trinajstić information content (AvgIpc) is 2.51.